The smallest absolute Gasteiger partial charge is 0.0303 e. The first-order chi connectivity index (χ1) is 7.65. The minimum atomic E-state index is 0.624. The monoisotopic (exact) mass is 224 g/mol. The highest BCUT2D eigenvalue weighted by Crippen LogP contribution is 2.38. The second-order valence-corrected chi connectivity index (χ2v) is 6.49. The van der Waals surface area contributed by atoms with Crippen molar-refractivity contribution >= 4 is 0 Å². The molecule has 0 heteroatoms. The summed E-state index contributed by atoms with van der Waals surface area (Å²) in [4.78, 5) is 0. The van der Waals surface area contributed by atoms with Gasteiger partial charge in [0.05, 0.1) is 0 Å². The van der Waals surface area contributed by atoms with E-state index in [1.165, 1.54) is 70.6 Å². The van der Waals surface area contributed by atoms with Crippen molar-refractivity contribution in [3.63, 3.8) is 0 Å². The fourth-order valence-corrected chi connectivity index (χ4v) is 3.00. The summed E-state index contributed by atoms with van der Waals surface area (Å²) < 4.78 is 0. The molecule has 0 aromatic carbocycles. The topological polar surface area (TPSA) is 0 Å². The molecule has 1 rings (SSSR count). The van der Waals surface area contributed by atoms with Gasteiger partial charge in [0.15, 0.2) is 0 Å². The summed E-state index contributed by atoms with van der Waals surface area (Å²) >= 11 is 0. The van der Waals surface area contributed by atoms with Crippen molar-refractivity contribution in [3.05, 3.63) is 0 Å². The minimum absolute atomic E-state index is 0.624. The van der Waals surface area contributed by atoms with Gasteiger partial charge in [-0.1, -0.05) is 78.6 Å². The summed E-state index contributed by atoms with van der Waals surface area (Å²) in [5.74, 6) is 0.857. The van der Waals surface area contributed by atoms with Gasteiger partial charge < -0.3 is 0 Å². The second kappa shape index (κ2) is 7.35. The molecule has 0 unspecified atom stereocenters. The third kappa shape index (κ3) is 4.89. The Labute approximate surface area is 103 Å². The van der Waals surface area contributed by atoms with Crippen LogP contribution in [0.2, 0.25) is 0 Å². The van der Waals surface area contributed by atoms with E-state index in [0.29, 0.717) is 5.41 Å². The van der Waals surface area contributed by atoms with Gasteiger partial charge >= 0.3 is 0 Å². The van der Waals surface area contributed by atoms with Crippen LogP contribution in [0.1, 0.15) is 91.4 Å². The molecule has 1 aliphatic carbocycles. The van der Waals surface area contributed by atoms with Crippen LogP contribution in [-0.4, -0.2) is 0 Å². The van der Waals surface area contributed by atoms with Crippen molar-refractivity contribution in [1.29, 1.82) is 0 Å². The molecule has 0 aromatic heterocycles. The number of hydrogen-bond donors (Lipinski definition) is 0. The van der Waals surface area contributed by atoms with Crippen LogP contribution in [0.5, 0.6) is 0 Å². The lowest BCUT2D eigenvalue weighted by molar-refractivity contribution is 0.167. The van der Waals surface area contributed by atoms with E-state index in [1.807, 2.05) is 0 Å². The fraction of sp³-hybridized carbons (Fsp3) is 1.00. The molecule has 0 radical (unpaired) electrons. The van der Waals surface area contributed by atoms with E-state index in [2.05, 4.69) is 20.8 Å². The molecule has 0 amide bonds. The first-order valence-corrected chi connectivity index (χ1v) is 7.65. The predicted molar refractivity (Wildman–Crippen MR) is 73.7 cm³/mol. The number of rotatable bonds is 1. The van der Waals surface area contributed by atoms with Crippen molar-refractivity contribution in [3.8, 4) is 0 Å². The summed E-state index contributed by atoms with van der Waals surface area (Å²) in [5.41, 5.74) is 0.624. The first-order valence-electron chi connectivity index (χ1n) is 7.65. The maximum atomic E-state index is 2.53. The zero-order valence-electron chi connectivity index (χ0n) is 11.9. The Morgan fingerprint density at radius 2 is 0.938 bits per heavy atom. The van der Waals surface area contributed by atoms with Crippen LogP contribution >= 0.6 is 0 Å². The zero-order chi connectivity index (χ0) is 11.9. The summed E-state index contributed by atoms with van der Waals surface area (Å²) in [5, 5.41) is 0. The van der Waals surface area contributed by atoms with Crippen molar-refractivity contribution in [2.45, 2.75) is 91.4 Å². The molecule has 0 atom stereocenters. The second-order valence-electron chi connectivity index (χ2n) is 6.49. The summed E-state index contributed by atoms with van der Waals surface area (Å²) in [6.07, 6.45) is 16.2. The first kappa shape index (κ1) is 14.1. The van der Waals surface area contributed by atoms with Crippen molar-refractivity contribution < 1.29 is 0 Å². The molecule has 1 aliphatic rings. The third-order valence-corrected chi connectivity index (χ3v) is 4.89. The molecule has 96 valence electrons. The lowest BCUT2D eigenvalue weighted by atomic mass is 9.71. The van der Waals surface area contributed by atoms with E-state index in [-0.39, 0.29) is 0 Å². The molecule has 0 aromatic rings. The lowest BCUT2D eigenvalue weighted by Crippen LogP contribution is -2.23. The maximum absolute atomic E-state index is 2.53. The normalized spacial score (nSPS) is 24.8. The molecule has 0 N–H and O–H groups in total. The Morgan fingerprint density at radius 3 is 1.25 bits per heavy atom. The van der Waals surface area contributed by atoms with Gasteiger partial charge in [-0.25, -0.2) is 0 Å². The Balaban J connectivity index is 2.42. The van der Waals surface area contributed by atoms with Gasteiger partial charge in [-0.3, -0.25) is 0 Å². The largest absolute Gasteiger partial charge is 0.0623 e. The predicted octanol–water partition coefficient (Wildman–Crippen LogP) is 5.95. The van der Waals surface area contributed by atoms with Crippen LogP contribution in [0.4, 0.5) is 0 Å². The molecule has 0 aliphatic heterocycles. The molecule has 0 heterocycles. The molecule has 0 spiro atoms. The molecule has 1 saturated carbocycles. The highest BCUT2D eigenvalue weighted by Gasteiger charge is 2.26. The van der Waals surface area contributed by atoms with Crippen LogP contribution in [0, 0.1) is 11.3 Å². The Kier molecular flexibility index (Phi) is 6.46. The molecule has 0 nitrogen and oxygen atoms in total. The van der Waals surface area contributed by atoms with Gasteiger partial charge in [0.1, 0.15) is 0 Å². The van der Waals surface area contributed by atoms with Crippen molar-refractivity contribution in [1.82, 2.24) is 0 Å². The van der Waals surface area contributed by atoms with E-state index in [4.69, 9.17) is 0 Å². The van der Waals surface area contributed by atoms with Crippen molar-refractivity contribution in [2.24, 2.45) is 11.3 Å². The van der Waals surface area contributed by atoms with E-state index >= 15 is 0 Å². The average Bonchev–Trinajstić information content (AvgIpc) is 2.23. The van der Waals surface area contributed by atoms with E-state index < -0.39 is 0 Å². The van der Waals surface area contributed by atoms with Crippen LogP contribution in [0.25, 0.3) is 0 Å². The lowest BCUT2D eigenvalue weighted by Gasteiger charge is -2.34. The highest BCUT2D eigenvalue weighted by atomic mass is 14.3. The molecule has 0 saturated heterocycles. The SMILES string of the molecule is CC(C)C1(C)CCCCCCCCCCC1. The number of hydrogen-bond acceptors (Lipinski definition) is 0. The molecule has 0 bridgehead atoms. The molecule has 16 heavy (non-hydrogen) atoms. The van der Waals surface area contributed by atoms with Crippen LogP contribution in [-0.2, 0) is 0 Å². The van der Waals surface area contributed by atoms with Gasteiger partial charge in [0.25, 0.3) is 0 Å². The average molecular weight is 224 g/mol. The van der Waals surface area contributed by atoms with Gasteiger partial charge in [-0.05, 0) is 24.2 Å². The quantitative estimate of drug-likeness (QED) is 0.516. The summed E-state index contributed by atoms with van der Waals surface area (Å²) in [7, 11) is 0. The fourth-order valence-electron chi connectivity index (χ4n) is 3.00. The summed E-state index contributed by atoms with van der Waals surface area (Å²) in [6, 6.07) is 0. The van der Waals surface area contributed by atoms with E-state index in [1.54, 1.807) is 0 Å². The molecular weight excluding hydrogens is 192 g/mol. The highest BCUT2D eigenvalue weighted by molar-refractivity contribution is 4.78. The van der Waals surface area contributed by atoms with Gasteiger partial charge in [-0.2, -0.15) is 0 Å². The Bertz CT molecular complexity index is 157. The molecule has 1 fully saturated rings. The van der Waals surface area contributed by atoms with Crippen LogP contribution in [0.15, 0.2) is 0 Å². The van der Waals surface area contributed by atoms with Gasteiger partial charge in [0.2, 0.25) is 0 Å². The Hall–Kier alpha value is 0. The van der Waals surface area contributed by atoms with E-state index in [0.717, 1.165) is 5.92 Å². The maximum Gasteiger partial charge on any atom is -0.0303 e. The Morgan fingerprint density at radius 1 is 0.625 bits per heavy atom. The van der Waals surface area contributed by atoms with Gasteiger partial charge in [-0.15, -0.1) is 0 Å². The molecular formula is C16H32. The van der Waals surface area contributed by atoms with E-state index in [9.17, 15) is 0 Å². The third-order valence-electron chi connectivity index (χ3n) is 4.89. The van der Waals surface area contributed by atoms with Crippen LogP contribution in [0.3, 0.4) is 0 Å². The van der Waals surface area contributed by atoms with Gasteiger partial charge in [0, 0.05) is 0 Å². The standard InChI is InChI=1S/C16H32/c1-15(2)16(3)13-11-9-7-5-4-6-8-10-12-14-16/h15H,4-14H2,1-3H3. The van der Waals surface area contributed by atoms with Crippen molar-refractivity contribution in [2.75, 3.05) is 0 Å². The summed E-state index contributed by atoms with van der Waals surface area (Å²) in [6.45, 7) is 7.38. The zero-order valence-corrected chi connectivity index (χ0v) is 11.9. The minimum Gasteiger partial charge on any atom is -0.0623 e. The van der Waals surface area contributed by atoms with Crippen LogP contribution < -0.4 is 0 Å².